The first-order chi connectivity index (χ1) is 8.58. The van der Waals surface area contributed by atoms with Gasteiger partial charge in [-0.1, -0.05) is 12.1 Å². The van der Waals surface area contributed by atoms with E-state index in [0.29, 0.717) is 11.1 Å². The second-order valence-electron chi connectivity index (χ2n) is 3.97. The average Bonchev–Trinajstić information content (AvgIpc) is 3.12. The molecule has 1 aliphatic rings. The van der Waals surface area contributed by atoms with Gasteiger partial charge in [-0.15, -0.1) is 0 Å². The van der Waals surface area contributed by atoms with Crippen LogP contribution in [0.5, 0.6) is 5.75 Å². The average molecular weight is 323 g/mol. The summed E-state index contributed by atoms with van der Waals surface area (Å²) in [6, 6.07) is 4.95. The summed E-state index contributed by atoms with van der Waals surface area (Å²) in [5, 5.41) is 0. The lowest BCUT2D eigenvalue weighted by Crippen LogP contribution is -2.08. The number of halogens is 3. The molecular formula is C12H13BrF2O3. The molecule has 1 aromatic rings. The molecule has 0 saturated carbocycles. The molecule has 1 aromatic carbocycles. The zero-order valence-electron chi connectivity index (χ0n) is 9.74. The SMILES string of the molecule is C[C@@H](OCC1CO1)c1cccc(OC(F)F)c1Br. The van der Waals surface area contributed by atoms with E-state index in [0.717, 1.165) is 12.2 Å². The quantitative estimate of drug-likeness (QED) is 0.751. The molecular weight excluding hydrogens is 310 g/mol. The molecule has 2 rings (SSSR count). The van der Waals surface area contributed by atoms with Crippen molar-refractivity contribution < 1.29 is 23.0 Å². The van der Waals surface area contributed by atoms with Crippen molar-refractivity contribution in [3.8, 4) is 5.75 Å². The third kappa shape index (κ3) is 3.63. The van der Waals surface area contributed by atoms with Crippen LogP contribution in [0.1, 0.15) is 18.6 Å². The molecule has 1 aliphatic heterocycles. The van der Waals surface area contributed by atoms with Gasteiger partial charge in [-0.2, -0.15) is 8.78 Å². The summed E-state index contributed by atoms with van der Waals surface area (Å²) in [7, 11) is 0. The van der Waals surface area contributed by atoms with Gasteiger partial charge < -0.3 is 14.2 Å². The second-order valence-corrected chi connectivity index (χ2v) is 4.76. The van der Waals surface area contributed by atoms with Crippen molar-refractivity contribution in [3.63, 3.8) is 0 Å². The van der Waals surface area contributed by atoms with E-state index >= 15 is 0 Å². The third-order valence-electron chi connectivity index (χ3n) is 2.58. The number of benzene rings is 1. The highest BCUT2D eigenvalue weighted by Crippen LogP contribution is 2.34. The molecule has 0 spiro atoms. The number of rotatable bonds is 6. The van der Waals surface area contributed by atoms with Gasteiger partial charge in [0.2, 0.25) is 0 Å². The van der Waals surface area contributed by atoms with Crippen LogP contribution in [0.25, 0.3) is 0 Å². The Bertz CT molecular complexity index is 410. The van der Waals surface area contributed by atoms with Crippen LogP contribution in [0.4, 0.5) is 8.78 Å². The van der Waals surface area contributed by atoms with Crippen molar-refractivity contribution in [2.75, 3.05) is 13.2 Å². The first-order valence-corrected chi connectivity index (χ1v) is 6.33. The van der Waals surface area contributed by atoms with Gasteiger partial charge in [0.1, 0.15) is 11.9 Å². The first-order valence-electron chi connectivity index (χ1n) is 5.54. The molecule has 0 N–H and O–H groups in total. The second kappa shape index (κ2) is 5.95. The zero-order valence-corrected chi connectivity index (χ0v) is 11.3. The Morgan fingerprint density at radius 2 is 2.22 bits per heavy atom. The summed E-state index contributed by atoms with van der Waals surface area (Å²) in [6.07, 6.45) is -0.0449. The molecule has 0 bridgehead atoms. The molecule has 3 nitrogen and oxygen atoms in total. The molecule has 2 atom stereocenters. The van der Waals surface area contributed by atoms with Gasteiger partial charge in [0, 0.05) is 0 Å². The lowest BCUT2D eigenvalue weighted by atomic mass is 10.1. The lowest BCUT2D eigenvalue weighted by molar-refractivity contribution is -0.0506. The minimum atomic E-state index is -2.84. The highest BCUT2D eigenvalue weighted by atomic mass is 79.9. The van der Waals surface area contributed by atoms with Gasteiger partial charge in [-0.25, -0.2) is 0 Å². The van der Waals surface area contributed by atoms with Crippen LogP contribution in [-0.2, 0) is 9.47 Å². The third-order valence-corrected chi connectivity index (χ3v) is 3.43. The Morgan fingerprint density at radius 1 is 1.50 bits per heavy atom. The van der Waals surface area contributed by atoms with Crippen LogP contribution in [0, 0.1) is 0 Å². The number of alkyl halides is 2. The fraction of sp³-hybridized carbons (Fsp3) is 0.500. The van der Waals surface area contributed by atoms with Crippen molar-refractivity contribution >= 4 is 15.9 Å². The van der Waals surface area contributed by atoms with E-state index in [9.17, 15) is 8.78 Å². The van der Waals surface area contributed by atoms with Crippen LogP contribution < -0.4 is 4.74 Å². The largest absolute Gasteiger partial charge is 0.434 e. The summed E-state index contributed by atoms with van der Waals surface area (Å²) >= 11 is 3.26. The minimum absolute atomic E-state index is 0.112. The molecule has 1 unspecified atom stereocenters. The molecule has 0 amide bonds. The fourth-order valence-electron chi connectivity index (χ4n) is 1.53. The Morgan fingerprint density at radius 3 is 2.83 bits per heavy atom. The highest BCUT2D eigenvalue weighted by Gasteiger charge is 2.24. The van der Waals surface area contributed by atoms with Crippen LogP contribution >= 0.6 is 15.9 Å². The number of epoxide rings is 1. The van der Waals surface area contributed by atoms with Gasteiger partial charge >= 0.3 is 6.61 Å². The van der Waals surface area contributed by atoms with Crippen LogP contribution in [0.2, 0.25) is 0 Å². The van der Waals surface area contributed by atoms with Crippen LogP contribution in [-0.4, -0.2) is 25.9 Å². The molecule has 0 radical (unpaired) electrons. The standard InChI is InChI=1S/C12H13BrF2O3/c1-7(16-5-8-6-17-8)9-3-2-4-10(11(9)13)18-12(14)15/h2-4,7-8,12H,5-6H2,1H3/t7-,8?/m1/s1. The van der Waals surface area contributed by atoms with Crippen molar-refractivity contribution in [2.45, 2.75) is 25.7 Å². The van der Waals surface area contributed by atoms with Gasteiger partial charge in [-0.3, -0.25) is 0 Å². The molecule has 18 heavy (non-hydrogen) atoms. The molecule has 0 aromatic heterocycles. The highest BCUT2D eigenvalue weighted by molar-refractivity contribution is 9.10. The van der Waals surface area contributed by atoms with E-state index in [4.69, 9.17) is 9.47 Å². The van der Waals surface area contributed by atoms with E-state index < -0.39 is 6.61 Å². The zero-order chi connectivity index (χ0) is 13.1. The van der Waals surface area contributed by atoms with Crippen molar-refractivity contribution in [3.05, 3.63) is 28.2 Å². The van der Waals surface area contributed by atoms with E-state index in [2.05, 4.69) is 20.7 Å². The Kier molecular flexibility index (Phi) is 4.53. The summed E-state index contributed by atoms with van der Waals surface area (Å²) in [5.74, 6) is 0.112. The van der Waals surface area contributed by atoms with E-state index in [1.165, 1.54) is 6.07 Å². The topological polar surface area (TPSA) is 31.0 Å². The van der Waals surface area contributed by atoms with Crippen molar-refractivity contribution in [1.29, 1.82) is 0 Å². The van der Waals surface area contributed by atoms with E-state index in [1.807, 2.05) is 6.92 Å². The number of ether oxygens (including phenoxy) is 3. The predicted molar refractivity (Wildman–Crippen MR) is 64.9 cm³/mol. The molecule has 100 valence electrons. The van der Waals surface area contributed by atoms with Gasteiger partial charge in [0.25, 0.3) is 0 Å². The fourth-order valence-corrected chi connectivity index (χ4v) is 2.21. The molecule has 1 saturated heterocycles. The van der Waals surface area contributed by atoms with Crippen LogP contribution in [0.15, 0.2) is 22.7 Å². The Hall–Kier alpha value is -0.720. The Labute approximate surface area is 112 Å². The van der Waals surface area contributed by atoms with Gasteiger partial charge in [0.05, 0.1) is 23.8 Å². The molecule has 1 fully saturated rings. The summed E-state index contributed by atoms with van der Waals surface area (Å²) in [5.41, 5.74) is 0.772. The lowest BCUT2D eigenvalue weighted by Gasteiger charge is -2.16. The monoisotopic (exact) mass is 322 g/mol. The van der Waals surface area contributed by atoms with Crippen molar-refractivity contribution in [2.24, 2.45) is 0 Å². The molecule has 6 heteroatoms. The van der Waals surface area contributed by atoms with Gasteiger partial charge in [0.15, 0.2) is 0 Å². The van der Waals surface area contributed by atoms with E-state index in [1.54, 1.807) is 12.1 Å². The van der Waals surface area contributed by atoms with E-state index in [-0.39, 0.29) is 18.0 Å². The number of hydrogen-bond donors (Lipinski definition) is 0. The Balaban J connectivity index is 2.05. The summed E-state index contributed by atoms with van der Waals surface area (Å²) in [6.45, 7) is 0.248. The molecule has 0 aliphatic carbocycles. The minimum Gasteiger partial charge on any atom is -0.434 e. The maximum Gasteiger partial charge on any atom is 0.387 e. The summed E-state index contributed by atoms with van der Waals surface area (Å²) < 4.78 is 40.0. The van der Waals surface area contributed by atoms with Gasteiger partial charge in [-0.05, 0) is 34.5 Å². The molecule has 1 heterocycles. The summed E-state index contributed by atoms with van der Waals surface area (Å²) in [4.78, 5) is 0. The van der Waals surface area contributed by atoms with Crippen LogP contribution in [0.3, 0.4) is 0 Å². The normalized spacial score (nSPS) is 19.9. The maximum absolute atomic E-state index is 12.2. The predicted octanol–water partition coefficient (Wildman–Crippen LogP) is 3.53. The van der Waals surface area contributed by atoms with Crippen molar-refractivity contribution in [1.82, 2.24) is 0 Å². The smallest absolute Gasteiger partial charge is 0.387 e. The first kappa shape index (κ1) is 13.7. The number of hydrogen-bond acceptors (Lipinski definition) is 3. The maximum atomic E-state index is 12.2.